The number of rotatable bonds is 1. The van der Waals surface area contributed by atoms with Crippen molar-refractivity contribution in [2.24, 2.45) is 16.8 Å². The van der Waals surface area contributed by atoms with Crippen LogP contribution in [0.5, 0.6) is 0 Å². The fraction of sp³-hybridized carbons (Fsp3) is 0.636. The number of hydrazone groups is 1. The standard InChI is InChI=1S/C11H19N3O/c1-7(2)9-5-4-8(3)6-10(9)13-14-11(12)15/h8H,4-6H2,1-3H3,(H3,12,14,15). The van der Waals surface area contributed by atoms with E-state index < -0.39 is 6.03 Å². The predicted octanol–water partition coefficient (Wildman–Crippen LogP) is 2.17. The fourth-order valence-electron chi connectivity index (χ4n) is 1.86. The smallest absolute Gasteiger partial charge is 0.332 e. The van der Waals surface area contributed by atoms with Crippen molar-refractivity contribution in [1.82, 2.24) is 5.43 Å². The molecule has 1 atom stereocenters. The highest BCUT2D eigenvalue weighted by Gasteiger charge is 2.19. The number of hydrogen-bond acceptors (Lipinski definition) is 2. The van der Waals surface area contributed by atoms with Crippen LogP contribution >= 0.6 is 0 Å². The summed E-state index contributed by atoms with van der Waals surface area (Å²) in [6, 6.07) is -0.603. The van der Waals surface area contributed by atoms with Gasteiger partial charge in [0, 0.05) is 0 Å². The van der Waals surface area contributed by atoms with Crippen LogP contribution in [0.15, 0.2) is 16.2 Å². The highest BCUT2D eigenvalue weighted by Crippen LogP contribution is 2.27. The molecule has 0 aromatic carbocycles. The Kier molecular flexibility index (Phi) is 3.88. The second kappa shape index (κ2) is 4.96. The van der Waals surface area contributed by atoms with Crippen LogP contribution in [0.4, 0.5) is 4.79 Å². The van der Waals surface area contributed by atoms with Gasteiger partial charge in [0.25, 0.3) is 0 Å². The number of nitrogens with two attached hydrogens (primary N) is 1. The molecular formula is C11H19N3O. The lowest BCUT2D eigenvalue weighted by Crippen LogP contribution is -2.28. The van der Waals surface area contributed by atoms with Gasteiger partial charge in [-0.3, -0.25) is 0 Å². The summed E-state index contributed by atoms with van der Waals surface area (Å²) in [4.78, 5) is 10.6. The molecular weight excluding hydrogens is 190 g/mol. The number of nitrogens with one attached hydrogen (secondary N) is 1. The normalized spacial score (nSPS) is 24.1. The predicted molar refractivity (Wildman–Crippen MR) is 61.5 cm³/mol. The van der Waals surface area contributed by atoms with Crippen LogP contribution in [0, 0.1) is 5.92 Å². The minimum absolute atomic E-state index is 0.603. The van der Waals surface area contributed by atoms with Crippen LogP contribution in [0.1, 0.15) is 40.0 Å². The zero-order valence-corrected chi connectivity index (χ0v) is 9.63. The summed E-state index contributed by atoms with van der Waals surface area (Å²) >= 11 is 0. The van der Waals surface area contributed by atoms with E-state index >= 15 is 0 Å². The van der Waals surface area contributed by atoms with Crippen LogP contribution in [0.25, 0.3) is 0 Å². The Morgan fingerprint density at radius 1 is 1.53 bits per heavy atom. The molecule has 3 N–H and O–H groups in total. The molecule has 1 aliphatic rings. The van der Waals surface area contributed by atoms with Gasteiger partial charge in [0.1, 0.15) is 0 Å². The minimum atomic E-state index is -0.603. The Bertz CT molecular complexity index is 314. The molecule has 1 aliphatic carbocycles. The van der Waals surface area contributed by atoms with E-state index in [0.29, 0.717) is 5.92 Å². The third kappa shape index (κ3) is 3.38. The van der Waals surface area contributed by atoms with Crippen molar-refractivity contribution >= 4 is 11.7 Å². The summed E-state index contributed by atoms with van der Waals surface area (Å²) < 4.78 is 0. The Hall–Kier alpha value is -1.32. The van der Waals surface area contributed by atoms with Gasteiger partial charge in [-0.15, -0.1) is 0 Å². The van der Waals surface area contributed by atoms with Crippen LogP contribution in [-0.4, -0.2) is 11.7 Å². The molecule has 0 bridgehead atoms. The lowest BCUT2D eigenvalue weighted by Gasteiger charge is -2.23. The molecule has 0 heterocycles. The lowest BCUT2D eigenvalue weighted by molar-refractivity contribution is 0.249. The molecule has 1 unspecified atom stereocenters. The molecule has 84 valence electrons. The number of carbonyl (C=O) groups is 1. The molecule has 1 rings (SSSR count). The Labute approximate surface area is 90.6 Å². The summed E-state index contributed by atoms with van der Waals surface area (Å²) in [6.45, 7) is 6.35. The third-order valence-electron chi connectivity index (χ3n) is 2.68. The van der Waals surface area contributed by atoms with Gasteiger partial charge in [0.05, 0.1) is 5.71 Å². The molecule has 2 amide bonds. The highest BCUT2D eigenvalue weighted by atomic mass is 16.2. The van der Waals surface area contributed by atoms with Gasteiger partial charge in [0.15, 0.2) is 0 Å². The average molecular weight is 209 g/mol. The zero-order valence-electron chi connectivity index (χ0n) is 9.63. The first-order chi connectivity index (χ1) is 7.00. The first-order valence-electron chi connectivity index (χ1n) is 5.29. The zero-order chi connectivity index (χ0) is 11.4. The van der Waals surface area contributed by atoms with E-state index in [0.717, 1.165) is 18.6 Å². The molecule has 0 aromatic rings. The van der Waals surface area contributed by atoms with Crippen LogP contribution in [0.3, 0.4) is 0 Å². The van der Waals surface area contributed by atoms with Crippen molar-refractivity contribution in [3.05, 3.63) is 11.1 Å². The van der Waals surface area contributed by atoms with E-state index in [2.05, 4.69) is 31.3 Å². The molecule has 15 heavy (non-hydrogen) atoms. The van der Waals surface area contributed by atoms with E-state index in [4.69, 9.17) is 5.73 Å². The number of primary amides is 1. The van der Waals surface area contributed by atoms with Gasteiger partial charge in [-0.2, -0.15) is 5.10 Å². The van der Waals surface area contributed by atoms with E-state index in [1.807, 2.05) is 0 Å². The highest BCUT2D eigenvalue weighted by molar-refractivity contribution is 6.01. The van der Waals surface area contributed by atoms with Crippen LogP contribution in [-0.2, 0) is 0 Å². The number of allylic oxidation sites excluding steroid dienone is 2. The molecule has 1 fully saturated rings. The summed E-state index contributed by atoms with van der Waals surface area (Å²) in [7, 11) is 0. The second-order valence-corrected chi connectivity index (χ2v) is 4.36. The second-order valence-electron chi connectivity index (χ2n) is 4.36. The first-order valence-corrected chi connectivity index (χ1v) is 5.29. The molecule has 0 spiro atoms. The van der Waals surface area contributed by atoms with Crippen molar-refractivity contribution in [2.45, 2.75) is 40.0 Å². The molecule has 0 radical (unpaired) electrons. The number of hydrogen-bond donors (Lipinski definition) is 2. The number of amides is 2. The monoisotopic (exact) mass is 209 g/mol. The van der Waals surface area contributed by atoms with E-state index in [1.54, 1.807) is 0 Å². The van der Waals surface area contributed by atoms with E-state index in [9.17, 15) is 4.79 Å². The third-order valence-corrected chi connectivity index (χ3v) is 2.68. The SMILES string of the molecule is CC(C)=C1CCC(C)CC1=NNC(N)=O. The van der Waals surface area contributed by atoms with E-state index in [1.165, 1.54) is 17.6 Å². The summed E-state index contributed by atoms with van der Waals surface area (Å²) in [6.07, 6.45) is 3.15. The maximum absolute atomic E-state index is 10.6. The Morgan fingerprint density at radius 3 is 2.73 bits per heavy atom. The largest absolute Gasteiger partial charge is 0.350 e. The van der Waals surface area contributed by atoms with Crippen molar-refractivity contribution in [3.63, 3.8) is 0 Å². The topological polar surface area (TPSA) is 67.5 Å². The van der Waals surface area contributed by atoms with Crippen LogP contribution < -0.4 is 11.2 Å². The summed E-state index contributed by atoms with van der Waals surface area (Å²) in [5.41, 5.74) is 10.8. The number of carbonyl (C=O) groups excluding carboxylic acids is 1. The summed E-state index contributed by atoms with van der Waals surface area (Å²) in [5, 5.41) is 4.07. The van der Waals surface area contributed by atoms with Gasteiger partial charge in [-0.05, 0) is 44.6 Å². The molecule has 0 aromatic heterocycles. The molecule has 0 aliphatic heterocycles. The van der Waals surface area contributed by atoms with Gasteiger partial charge in [0.2, 0.25) is 0 Å². The minimum Gasteiger partial charge on any atom is -0.350 e. The molecule has 1 saturated carbocycles. The fourth-order valence-corrected chi connectivity index (χ4v) is 1.86. The summed E-state index contributed by atoms with van der Waals surface area (Å²) in [5.74, 6) is 0.626. The quantitative estimate of drug-likeness (QED) is 0.638. The van der Waals surface area contributed by atoms with Gasteiger partial charge in [-0.25, -0.2) is 10.2 Å². The number of nitrogens with zero attached hydrogens (tertiary/aromatic N) is 1. The maximum Gasteiger partial charge on any atom is 0.332 e. The number of urea groups is 1. The van der Waals surface area contributed by atoms with Crippen molar-refractivity contribution in [3.8, 4) is 0 Å². The van der Waals surface area contributed by atoms with Crippen molar-refractivity contribution in [1.29, 1.82) is 0 Å². The van der Waals surface area contributed by atoms with Crippen molar-refractivity contribution < 1.29 is 4.79 Å². The molecule has 0 saturated heterocycles. The van der Waals surface area contributed by atoms with Gasteiger partial charge >= 0.3 is 6.03 Å². The molecule has 4 nitrogen and oxygen atoms in total. The molecule has 4 heteroatoms. The Balaban J connectivity index is 2.84. The van der Waals surface area contributed by atoms with E-state index in [-0.39, 0.29) is 0 Å². The lowest BCUT2D eigenvalue weighted by atomic mass is 9.84. The van der Waals surface area contributed by atoms with Gasteiger partial charge < -0.3 is 5.73 Å². The first kappa shape index (κ1) is 11.8. The van der Waals surface area contributed by atoms with Crippen LogP contribution in [0.2, 0.25) is 0 Å². The van der Waals surface area contributed by atoms with Crippen molar-refractivity contribution in [2.75, 3.05) is 0 Å². The maximum atomic E-state index is 10.6. The Morgan fingerprint density at radius 2 is 2.20 bits per heavy atom. The van der Waals surface area contributed by atoms with Gasteiger partial charge in [-0.1, -0.05) is 12.5 Å². The average Bonchev–Trinajstić information content (AvgIpc) is 2.14.